The molecule has 6 nitrogen and oxygen atoms in total. The van der Waals surface area contributed by atoms with Gasteiger partial charge in [-0.2, -0.15) is 0 Å². The molecule has 1 aromatic heterocycles. The Bertz CT molecular complexity index is 1080. The summed E-state index contributed by atoms with van der Waals surface area (Å²) in [5.74, 6) is 0.420. The first-order chi connectivity index (χ1) is 12.6. The summed E-state index contributed by atoms with van der Waals surface area (Å²) in [7, 11) is 1.75. The van der Waals surface area contributed by atoms with Gasteiger partial charge in [0.25, 0.3) is 5.91 Å². The molecule has 0 saturated carbocycles. The monoisotopic (exact) mass is 365 g/mol. The van der Waals surface area contributed by atoms with Gasteiger partial charge in [0, 0.05) is 31.1 Å². The number of benzene rings is 2. The molecule has 130 valence electrons. The van der Waals surface area contributed by atoms with E-state index < -0.39 is 0 Å². The van der Waals surface area contributed by atoms with Crippen molar-refractivity contribution in [2.24, 2.45) is 0 Å². The van der Waals surface area contributed by atoms with Gasteiger partial charge in [-0.05, 0) is 23.3 Å². The first-order valence-electron chi connectivity index (χ1n) is 8.31. The highest BCUT2D eigenvalue weighted by atomic mass is 32.1. The summed E-state index contributed by atoms with van der Waals surface area (Å²) >= 11 is 1.58. The van der Waals surface area contributed by atoms with Crippen molar-refractivity contribution < 1.29 is 14.3 Å². The number of carbonyl (C=O) groups is 2. The highest BCUT2D eigenvalue weighted by Crippen LogP contribution is 2.45. The van der Waals surface area contributed by atoms with Gasteiger partial charge < -0.3 is 15.0 Å². The van der Waals surface area contributed by atoms with Crippen LogP contribution in [0.15, 0.2) is 35.8 Å². The Morgan fingerprint density at radius 1 is 1.27 bits per heavy atom. The van der Waals surface area contributed by atoms with Crippen molar-refractivity contribution >= 4 is 44.7 Å². The lowest BCUT2D eigenvalue weighted by Crippen LogP contribution is -2.36. The van der Waals surface area contributed by atoms with Gasteiger partial charge in [0.05, 0.1) is 21.4 Å². The van der Waals surface area contributed by atoms with Crippen LogP contribution < -0.4 is 15.0 Å². The average molecular weight is 365 g/mol. The van der Waals surface area contributed by atoms with Crippen LogP contribution in [0.5, 0.6) is 5.75 Å². The molecule has 1 N–H and O–H groups in total. The van der Waals surface area contributed by atoms with Gasteiger partial charge in [-0.25, -0.2) is 4.98 Å². The van der Waals surface area contributed by atoms with Crippen molar-refractivity contribution in [1.82, 2.24) is 4.98 Å². The molecule has 2 aliphatic rings. The van der Waals surface area contributed by atoms with Crippen LogP contribution in [0, 0.1) is 0 Å². The fraction of sp³-hybridized carbons (Fsp3) is 0.211. The van der Waals surface area contributed by atoms with Crippen molar-refractivity contribution in [1.29, 1.82) is 0 Å². The van der Waals surface area contributed by atoms with E-state index in [1.807, 2.05) is 29.8 Å². The molecule has 7 heteroatoms. The molecule has 2 amide bonds. The zero-order valence-corrected chi connectivity index (χ0v) is 14.8. The lowest BCUT2D eigenvalue weighted by Gasteiger charge is -2.31. The van der Waals surface area contributed by atoms with Crippen LogP contribution in [-0.4, -0.2) is 30.5 Å². The van der Waals surface area contributed by atoms with Gasteiger partial charge in [0.15, 0.2) is 6.61 Å². The Morgan fingerprint density at radius 3 is 3.04 bits per heavy atom. The standard InChI is InChI=1S/C19H15N3O3S/c1-22-15-5-12-11(10-3-2-4-13-19(10)26-9-20-13)6-17(23)21-14(12)7-16(15)25-8-18(22)24/h2-5,7,9,11H,6,8H2,1H3,(H,21,23). The largest absolute Gasteiger partial charge is 0.481 e. The highest BCUT2D eigenvalue weighted by Gasteiger charge is 2.32. The maximum absolute atomic E-state index is 12.3. The third-order valence-electron chi connectivity index (χ3n) is 5.02. The van der Waals surface area contributed by atoms with Crippen LogP contribution in [0.3, 0.4) is 0 Å². The number of ether oxygens (including phenoxy) is 1. The molecule has 0 radical (unpaired) electrons. The number of anilines is 2. The Hall–Kier alpha value is -2.93. The van der Waals surface area contributed by atoms with Gasteiger partial charge in [-0.15, -0.1) is 11.3 Å². The number of amides is 2. The second kappa shape index (κ2) is 5.54. The van der Waals surface area contributed by atoms with E-state index in [2.05, 4.69) is 16.4 Å². The van der Waals surface area contributed by atoms with Crippen LogP contribution >= 0.6 is 11.3 Å². The number of hydrogen-bond donors (Lipinski definition) is 1. The van der Waals surface area contributed by atoms with Crippen LogP contribution in [0.2, 0.25) is 0 Å². The Balaban J connectivity index is 1.72. The number of thiazole rings is 1. The summed E-state index contributed by atoms with van der Waals surface area (Å²) in [5.41, 5.74) is 6.33. The van der Waals surface area contributed by atoms with Crippen LogP contribution in [0.4, 0.5) is 11.4 Å². The van der Waals surface area contributed by atoms with Crippen LogP contribution in [0.25, 0.3) is 10.2 Å². The fourth-order valence-electron chi connectivity index (χ4n) is 3.69. The number of fused-ring (bicyclic) bond motifs is 3. The summed E-state index contributed by atoms with van der Waals surface area (Å²) in [4.78, 5) is 30.3. The number of rotatable bonds is 1. The quantitative estimate of drug-likeness (QED) is 0.719. The molecule has 0 spiro atoms. The van der Waals surface area contributed by atoms with E-state index in [4.69, 9.17) is 4.74 Å². The van der Waals surface area contributed by atoms with E-state index in [9.17, 15) is 9.59 Å². The molecule has 1 unspecified atom stereocenters. The van der Waals surface area contributed by atoms with Gasteiger partial charge in [0.2, 0.25) is 5.91 Å². The number of hydrogen-bond acceptors (Lipinski definition) is 5. The average Bonchev–Trinajstić information content (AvgIpc) is 3.12. The van der Waals surface area contributed by atoms with Crippen LogP contribution in [-0.2, 0) is 9.59 Å². The van der Waals surface area contributed by atoms with E-state index in [0.717, 1.165) is 32.7 Å². The van der Waals surface area contributed by atoms with Gasteiger partial charge >= 0.3 is 0 Å². The minimum Gasteiger partial charge on any atom is -0.481 e. The summed E-state index contributed by atoms with van der Waals surface area (Å²) in [6, 6.07) is 9.79. The zero-order chi connectivity index (χ0) is 17.8. The maximum atomic E-state index is 12.3. The van der Waals surface area contributed by atoms with E-state index in [0.29, 0.717) is 12.2 Å². The normalized spacial score (nSPS) is 19.0. The zero-order valence-electron chi connectivity index (χ0n) is 14.0. The van der Waals surface area contributed by atoms with Crippen molar-refractivity contribution in [3.05, 3.63) is 47.0 Å². The maximum Gasteiger partial charge on any atom is 0.264 e. The minimum absolute atomic E-state index is 0.0137. The first-order valence-corrected chi connectivity index (χ1v) is 9.19. The fourth-order valence-corrected chi connectivity index (χ4v) is 4.55. The molecule has 3 aromatic rings. The topological polar surface area (TPSA) is 71.5 Å². The predicted octanol–water partition coefficient (Wildman–Crippen LogP) is 3.13. The molecule has 0 aliphatic carbocycles. The van der Waals surface area contributed by atoms with E-state index >= 15 is 0 Å². The number of likely N-dealkylation sites (N-methyl/N-ethyl adjacent to an activating group) is 1. The lowest BCUT2D eigenvalue weighted by atomic mass is 9.84. The van der Waals surface area contributed by atoms with E-state index in [-0.39, 0.29) is 24.3 Å². The summed E-state index contributed by atoms with van der Waals surface area (Å²) in [5, 5.41) is 2.94. The Labute approximate surface area is 153 Å². The molecular formula is C19H15N3O3S. The van der Waals surface area contributed by atoms with Gasteiger partial charge in [-0.1, -0.05) is 12.1 Å². The van der Waals surface area contributed by atoms with Gasteiger partial charge in [-0.3, -0.25) is 9.59 Å². The van der Waals surface area contributed by atoms with E-state index in [1.54, 1.807) is 23.3 Å². The van der Waals surface area contributed by atoms with Gasteiger partial charge in [0.1, 0.15) is 5.75 Å². The molecule has 2 aliphatic heterocycles. The first kappa shape index (κ1) is 15.3. The number of nitrogens with one attached hydrogen (secondary N) is 1. The van der Waals surface area contributed by atoms with Crippen molar-refractivity contribution in [3.8, 4) is 5.75 Å². The number of aromatic nitrogens is 1. The molecule has 0 bridgehead atoms. The molecule has 26 heavy (non-hydrogen) atoms. The number of nitrogens with zero attached hydrogens (tertiary/aromatic N) is 2. The molecule has 5 rings (SSSR count). The molecule has 0 saturated heterocycles. The second-order valence-corrected chi connectivity index (χ2v) is 7.36. The van der Waals surface area contributed by atoms with Crippen molar-refractivity contribution in [3.63, 3.8) is 0 Å². The lowest BCUT2D eigenvalue weighted by molar-refractivity contribution is -0.121. The van der Waals surface area contributed by atoms with Crippen molar-refractivity contribution in [2.45, 2.75) is 12.3 Å². The molecule has 2 aromatic carbocycles. The minimum atomic E-state index is -0.0848. The third-order valence-corrected chi connectivity index (χ3v) is 5.91. The predicted molar refractivity (Wildman–Crippen MR) is 100 cm³/mol. The summed E-state index contributed by atoms with van der Waals surface area (Å²) in [6.45, 7) is 0.0137. The van der Waals surface area contributed by atoms with Crippen molar-refractivity contribution in [2.75, 3.05) is 23.9 Å². The molecule has 3 heterocycles. The Morgan fingerprint density at radius 2 is 2.15 bits per heavy atom. The smallest absolute Gasteiger partial charge is 0.264 e. The second-order valence-electron chi connectivity index (χ2n) is 6.50. The van der Waals surface area contributed by atoms with E-state index in [1.165, 1.54) is 0 Å². The summed E-state index contributed by atoms with van der Waals surface area (Å²) in [6.07, 6.45) is 0.362. The Kier molecular flexibility index (Phi) is 3.27. The highest BCUT2D eigenvalue weighted by molar-refractivity contribution is 7.17. The SMILES string of the molecule is CN1C(=O)COc2cc3c(cc21)C(c1cccc2ncsc12)CC(=O)N3. The molecular weight excluding hydrogens is 350 g/mol. The number of carbonyl (C=O) groups excluding carboxylic acids is 2. The summed E-state index contributed by atoms with van der Waals surface area (Å²) < 4.78 is 6.65. The molecule has 1 atom stereocenters. The molecule has 0 fully saturated rings. The van der Waals surface area contributed by atoms with Crippen LogP contribution in [0.1, 0.15) is 23.5 Å². The third kappa shape index (κ3) is 2.20.